The molecule has 3 nitrogen and oxygen atoms in total. The lowest BCUT2D eigenvalue weighted by atomic mass is 10.1. The van der Waals surface area contributed by atoms with Crippen molar-refractivity contribution in [1.29, 1.82) is 0 Å². The molecule has 0 fully saturated rings. The van der Waals surface area contributed by atoms with Crippen molar-refractivity contribution >= 4 is 33.6 Å². The lowest BCUT2D eigenvalue weighted by Crippen LogP contribution is -2.45. The van der Waals surface area contributed by atoms with Gasteiger partial charge in [-0.1, -0.05) is 58.4 Å². The highest BCUT2D eigenvalue weighted by Crippen LogP contribution is 2.25. The molecule has 0 saturated carbocycles. The second-order valence-corrected chi connectivity index (χ2v) is 5.45. The molecule has 3 rings (SSSR count). The fourth-order valence-corrected chi connectivity index (χ4v) is 2.63. The summed E-state index contributed by atoms with van der Waals surface area (Å²) in [4.78, 5) is 12.1. The summed E-state index contributed by atoms with van der Waals surface area (Å²) in [5.74, 6) is -0.0669. The second kappa shape index (κ2) is 5.51. The number of benzene rings is 2. The molecular weight excluding hydrogens is 316 g/mol. The van der Waals surface area contributed by atoms with Crippen molar-refractivity contribution in [3.8, 4) is 0 Å². The number of halogens is 1. The molecule has 0 spiro atoms. The molecule has 0 bridgehead atoms. The first kappa shape index (κ1) is 12.9. The SMILES string of the molecule is O=C1NC(/C(Br)=C/c2ccccc2)Nc2ccccc21. The Morgan fingerprint density at radius 2 is 1.70 bits per heavy atom. The maximum Gasteiger partial charge on any atom is 0.255 e. The molecule has 2 aromatic rings. The third kappa shape index (κ3) is 2.60. The maximum absolute atomic E-state index is 12.1. The highest BCUT2D eigenvalue weighted by molar-refractivity contribution is 9.11. The van der Waals surface area contributed by atoms with Crippen LogP contribution in [-0.2, 0) is 0 Å². The topological polar surface area (TPSA) is 41.1 Å². The minimum atomic E-state index is -0.252. The number of fused-ring (bicyclic) bond motifs is 1. The zero-order valence-electron chi connectivity index (χ0n) is 10.6. The zero-order valence-corrected chi connectivity index (χ0v) is 12.2. The average Bonchev–Trinajstić information content (AvgIpc) is 2.48. The number of para-hydroxylation sites is 1. The molecule has 0 radical (unpaired) electrons. The smallest absolute Gasteiger partial charge is 0.255 e. The van der Waals surface area contributed by atoms with Crippen LogP contribution in [0.15, 0.2) is 59.1 Å². The summed E-state index contributed by atoms with van der Waals surface area (Å²) in [7, 11) is 0. The minimum absolute atomic E-state index is 0.0669. The first-order chi connectivity index (χ1) is 9.74. The maximum atomic E-state index is 12.1. The predicted molar refractivity (Wildman–Crippen MR) is 84.7 cm³/mol. The molecule has 1 unspecified atom stereocenters. The monoisotopic (exact) mass is 328 g/mol. The lowest BCUT2D eigenvalue weighted by molar-refractivity contribution is 0.0943. The van der Waals surface area contributed by atoms with Crippen molar-refractivity contribution in [2.75, 3.05) is 5.32 Å². The van der Waals surface area contributed by atoms with Gasteiger partial charge in [-0.15, -0.1) is 0 Å². The molecule has 2 N–H and O–H groups in total. The van der Waals surface area contributed by atoms with Gasteiger partial charge in [0.05, 0.1) is 5.56 Å². The number of amides is 1. The molecule has 1 atom stereocenters. The van der Waals surface area contributed by atoms with E-state index in [1.165, 1.54) is 0 Å². The molecule has 1 aliphatic heterocycles. The Labute approximate surface area is 125 Å². The number of anilines is 1. The van der Waals surface area contributed by atoms with Crippen molar-refractivity contribution in [3.05, 3.63) is 70.2 Å². The molecule has 0 saturated heterocycles. The van der Waals surface area contributed by atoms with E-state index in [2.05, 4.69) is 26.6 Å². The van der Waals surface area contributed by atoms with Gasteiger partial charge in [-0.3, -0.25) is 4.79 Å². The van der Waals surface area contributed by atoms with Crippen LogP contribution >= 0.6 is 15.9 Å². The Balaban J connectivity index is 1.86. The predicted octanol–water partition coefficient (Wildman–Crippen LogP) is 3.60. The Hall–Kier alpha value is -2.07. The molecule has 4 heteroatoms. The van der Waals surface area contributed by atoms with E-state index in [4.69, 9.17) is 0 Å². The Kier molecular flexibility index (Phi) is 3.56. The molecular formula is C16H13BrN2O. The van der Waals surface area contributed by atoms with Gasteiger partial charge in [-0.2, -0.15) is 0 Å². The minimum Gasteiger partial charge on any atom is -0.360 e. The Morgan fingerprint density at radius 1 is 1.00 bits per heavy atom. The number of hydrogen-bond acceptors (Lipinski definition) is 2. The summed E-state index contributed by atoms with van der Waals surface area (Å²) in [6, 6.07) is 17.4. The number of carbonyl (C=O) groups is 1. The number of nitrogens with one attached hydrogen (secondary N) is 2. The van der Waals surface area contributed by atoms with Crippen LogP contribution in [0, 0.1) is 0 Å². The fourth-order valence-electron chi connectivity index (χ4n) is 2.14. The van der Waals surface area contributed by atoms with Gasteiger partial charge in [-0.05, 0) is 23.8 Å². The number of hydrogen-bond donors (Lipinski definition) is 2. The van der Waals surface area contributed by atoms with Crippen LogP contribution in [0.1, 0.15) is 15.9 Å². The van der Waals surface area contributed by atoms with Gasteiger partial charge >= 0.3 is 0 Å². The first-order valence-electron chi connectivity index (χ1n) is 6.32. The van der Waals surface area contributed by atoms with Crippen molar-refractivity contribution in [1.82, 2.24) is 5.32 Å². The Bertz CT molecular complexity index is 667. The number of rotatable bonds is 2. The van der Waals surface area contributed by atoms with Gasteiger partial charge < -0.3 is 10.6 Å². The highest BCUT2D eigenvalue weighted by atomic mass is 79.9. The third-order valence-electron chi connectivity index (χ3n) is 3.13. The first-order valence-corrected chi connectivity index (χ1v) is 7.12. The van der Waals surface area contributed by atoms with Crippen LogP contribution in [-0.4, -0.2) is 12.1 Å². The zero-order chi connectivity index (χ0) is 13.9. The number of carbonyl (C=O) groups excluding carboxylic acids is 1. The van der Waals surface area contributed by atoms with E-state index in [0.717, 1.165) is 15.7 Å². The van der Waals surface area contributed by atoms with E-state index >= 15 is 0 Å². The summed E-state index contributed by atoms with van der Waals surface area (Å²) >= 11 is 3.54. The van der Waals surface area contributed by atoms with Crippen molar-refractivity contribution in [2.45, 2.75) is 6.17 Å². The summed E-state index contributed by atoms with van der Waals surface area (Å²) in [6.45, 7) is 0. The summed E-state index contributed by atoms with van der Waals surface area (Å²) in [5, 5.41) is 6.23. The van der Waals surface area contributed by atoms with Crippen LogP contribution in [0.4, 0.5) is 5.69 Å². The largest absolute Gasteiger partial charge is 0.360 e. The Morgan fingerprint density at radius 3 is 2.50 bits per heavy atom. The summed E-state index contributed by atoms with van der Waals surface area (Å²) in [6.07, 6.45) is 1.74. The van der Waals surface area contributed by atoms with Gasteiger partial charge in [0.25, 0.3) is 5.91 Å². The van der Waals surface area contributed by atoms with Crippen LogP contribution in [0.3, 0.4) is 0 Å². The molecule has 0 aromatic heterocycles. The lowest BCUT2D eigenvalue weighted by Gasteiger charge is -2.27. The van der Waals surface area contributed by atoms with Crippen LogP contribution in [0.5, 0.6) is 0 Å². The van der Waals surface area contributed by atoms with E-state index < -0.39 is 0 Å². The van der Waals surface area contributed by atoms with Gasteiger partial charge in [0.1, 0.15) is 6.17 Å². The summed E-state index contributed by atoms with van der Waals surface area (Å²) < 4.78 is 0.881. The third-order valence-corrected chi connectivity index (χ3v) is 3.81. The van der Waals surface area contributed by atoms with Gasteiger partial charge in [-0.25, -0.2) is 0 Å². The molecule has 1 aliphatic rings. The normalized spacial score (nSPS) is 17.9. The molecule has 0 aliphatic carbocycles. The quantitative estimate of drug-likeness (QED) is 0.884. The molecule has 20 heavy (non-hydrogen) atoms. The van der Waals surface area contributed by atoms with Gasteiger partial charge in [0.15, 0.2) is 0 Å². The average molecular weight is 329 g/mol. The fraction of sp³-hybridized carbons (Fsp3) is 0.0625. The molecule has 1 heterocycles. The second-order valence-electron chi connectivity index (χ2n) is 4.54. The van der Waals surface area contributed by atoms with Crippen molar-refractivity contribution in [2.24, 2.45) is 0 Å². The van der Waals surface area contributed by atoms with Crippen LogP contribution in [0.2, 0.25) is 0 Å². The van der Waals surface area contributed by atoms with E-state index in [1.54, 1.807) is 0 Å². The van der Waals surface area contributed by atoms with E-state index in [1.807, 2.05) is 60.7 Å². The van der Waals surface area contributed by atoms with E-state index in [0.29, 0.717) is 5.56 Å². The summed E-state index contributed by atoms with van der Waals surface area (Å²) in [5.41, 5.74) is 2.60. The van der Waals surface area contributed by atoms with Crippen LogP contribution in [0.25, 0.3) is 6.08 Å². The standard InChI is InChI=1S/C16H13BrN2O/c17-13(10-11-6-2-1-3-7-11)15-18-14-9-5-4-8-12(14)16(20)19-15/h1-10,15,18H,(H,19,20)/b13-10-. The highest BCUT2D eigenvalue weighted by Gasteiger charge is 2.24. The van der Waals surface area contributed by atoms with Crippen molar-refractivity contribution in [3.63, 3.8) is 0 Å². The van der Waals surface area contributed by atoms with E-state index in [9.17, 15) is 4.79 Å². The molecule has 2 aromatic carbocycles. The van der Waals surface area contributed by atoms with E-state index in [-0.39, 0.29) is 12.1 Å². The van der Waals surface area contributed by atoms with Gasteiger partial charge in [0.2, 0.25) is 0 Å². The van der Waals surface area contributed by atoms with Gasteiger partial charge in [0, 0.05) is 10.2 Å². The molecule has 100 valence electrons. The van der Waals surface area contributed by atoms with Crippen LogP contribution < -0.4 is 10.6 Å². The molecule has 1 amide bonds. The van der Waals surface area contributed by atoms with Crippen molar-refractivity contribution < 1.29 is 4.79 Å².